The summed E-state index contributed by atoms with van der Waals surface area (Å²) in [5.74, 6) is -1.01. The van der Waals surface area contributed by atoms with E-state index in [1.165, 1.54) is 26.3 Å². The normalized spacial score (nSPS) is 9.59. The van der Waals surface area contributed by atoms with E-state index in [1.54, 1.807) is 6.92 Å². The molecule has 1 aromatic rings. The number of hydrogen-bond acceptors (Lipinski definition) is 6. The van der Waals surface area contributed by atoms with Gasteiger partial charge in [0.15, 0.2) is 11.4 Å². The average Bonchev–Trinajstić information content (AvgIpc) is 2.28. The van der Waals surface area contributed by atoms with Gasteiger partial charge in [0.2, 0.25) is 5.75 Å². The molecule has 6 nitrogen and oxygen atoms in total. The third-order valence-corrected chi connectivity index (χ3v) is 1.80. The summed E-state index contributed by atoms with van der Waals surface area (Å²) >= 11 is 0. The summed E-state index contributed by atoms with van der Waals surface area (Å²) in [7, 11) is 1.40. The van der Waals surface area contributed by atoms with Crippen LogP contribution in [0.25, 0.3) is 0 Å². The topological polar surface area (TPSA) is 74.7 Å². The van der Waals surface area contributed by atoms with Crippen LogP contribution in [0.15, 0.2) is 12.3 Å². The predicted octanol–water partition coefficient (Wildman–Crippen LogP) is 1.19. The van der Waals surface area contributed by atoms with Crippen molar-refractivity contribution in [3.63, 3.8) is 0 Å². The molecule has 17 heavy (non-hydrogen) atoms. The van der Waals surface area contributed by atoms with Gasteiger partial charge in [-0.3, -0.25) is 4.79 Å². The minimum absolute atomic E-state index is 0.0269. The van der Waals surface area contributed by atoms with Crippen molar-refractivity contribution in [3.05, 3.63) is 18.0 Å². The molecule has 1 rings (SSSR count). The molecule has 0 unspecified atom stereocenters. The Morgan fingerprint density at radius 1 is 1.41 bits per heavy atom. The van der Waals surface area contributed by atoms with E-state index >= 15 is 0 Å². The van der Waals surface area contributed by atoms with Crippen molar-refractivity contribution in [3.8, 4) is 11.5 Å². The molecule has 1 aromatic heterocycles. The summed E-state index contributed by atoms with van der Waals surface area (Å²) in [5, 5.41) is 0. The van der Waals surface area contributed by atoms with Crippen molar-refractivity contribution in [1.29, 1.82) is 0 Å². The first-order chi connectivity index (χ1) is 8.10. The van der Waals surface area contributed by atoms with Crippen LogP contribution in [0.1, 0.15) is 24.3 Å². The number of carbonyl (C=O) groups excluding carboxylic acids is 2. The fraction of sp³-hybridized carbons (Fsp3) is 0.364. The fourth-order valence-electron chi connectivity index (χ4n) is 1.18. The minimum Gasteiger partial charge on any atom is -0.493 e. The van der Waals surface area contributed by atoms with Crippen LogP contribution < -0.4 is 9.47 Å². The Balaban J connectivity index is 3.18. The van der Waals surface area contributed by atoms with Gasteiger partial charge in [-0.05, 0) is 6.92 Å². The molecule has 0 spiro atoms. The number of hydrogen-bond donors (Lipinski definition) is 0. The summed E-state index contributed by atoms with van der Waals surface area (Å²) in [5.41, 5.74) is -0.0820. The van der Waals surface area contributed by atoms with Crippen molar-refractivity contribution >= 4 is 11.9 Å². The number of ether oxygens (including phenoxy) is 3. The highest BCUT2D eigenvalue weighted by atomic mass is 16.6. The van der Waals surface area contributed by atoms with E-state index in [2.05, 4.69) is 4.98 Å². The molecule has 6 heteroatoms. The number of rotatable bonds is 4. The number of esters is 2. The van der Waals surface area contributed by atoms with E-state index in [9.17, 15) is 9.59 Å². The number of pyridine rings is 1. The van der Waals surface area contributed by atoms with Crippen LogP contribution in [0.4, 0.5) is 0 Å². The zero-order valence-corrected chi connectivity index (χ0v) is 9.85. The smallest absolute Gasteiger partial charge is 0.360 e. The Kier molecular flexibility index (Phi) is 4.45. The molecule has 0 atom stereocenters. The Labute approximate surface area is 98.5 Å². The van der Waals surface area contributed by atoms with Gasteiger partial charge in [-0.2, -0.15) is 0 Å². The molecule has 0 saturated carbocycles. The minimum atomic E-state index is -0.664. The van der Waals surface area contributed by atoms with Gasteiger partial charge in [-0.25, -0.2) is 9.78 Å². The lowest BCUT2D eigenvalue weighted by atomic mass is 10.3. The quantitative estimate of drug-likeness (QED) is 0.735. The van der Waals surface area contributed by atoms with Crippen LogP contribution in [-0.4, -0.2) is 30.6 Å². The summed E-state index contributed by atoms with van der Waals surface area (Å²) in [6.45, 7) is 3.10. The molecule has 0 fully saturated rings. The van der Waals surface area contributed by atoms with E-state index in [0.29, 0.717) is 0 Å². The van der Waals surface area contributed by atoms with Crippen LogP contribution in [0, 0.1) is 0 Å². The Hall–Kier alpha value is -2.11. The maximum absolute atomic E-state index is 11.6. The lowest BCUT2D eigenvalue weighted by molar-refractivity contribution is -0.132. The highest BCUT2D eigenvalue weighted by Crippen LogP contribution is 2.30. The van der Waals surface area contributed by atoms with Crippen LogP contribution >= 0.6 is 0 Å². The standard InChI is InChI=1S/C11H13NO5/c1-4-16-11(14)9-10(17-7(2)13)8(15-3)5-6-12-9/h5-6H,4H2,1-3H3. The maximum Gasteiger partial charge on any atom is 0.360 e. The van der Waals surface area contributed by atoms with Crippen LogP contribution in [0.2, 0.25) is 0 Å². The molecule has 0 saturated heterocycles. The van der Waals surface area contributed by atoms with Crippen LogP contribution in [-0.2, 0) is 9.53 Å². The van der Waals surface area contributed by atoms with Crippen molar-refractivity contribution in [2.75, 3.05) is 13.7 Å². The molecule has 0 radical (unpaired) electrons. The second kappa shape index (κ2) is 5.83. The van der Waals surface area contributed by atoms with E-state index in [1.807, 2.05) is 0 Å². The van der Waals surface area contributed by atoms with Gasteiger partial charge in [-0.1, -0.05) is 0 Å². The Bertz CT molecular complexity index is 430. The lowest BCUT2D eigenvalue weighted by Gasteiger charge is -2.10. The Morgan fingerprint density at radius 3 is 2.65 bits per heavy atom. The largest absolute Gasteiger partial charge is 0.493 e. The summed E-state index contributed by atoms with van der Waals surface area (Å²) < 4.78 is 14.7. The summed E-state index contributed by atoms with van der Waals surface area (Å²) in [6, 6.07) is 1.49. The van der Waals surface area contributed by atoms with Gasteiger partial charge in [0.05, 0.1) is 13.7 Å². The zero-order valence-electron chi connectivity index (χ0n) is 9.85. The van der Waals surface area contributed by atoms with E-state index < -0.39 is 11.9 Å². The van der Waals surface area contributed by atoms with Gasteiger partial charge < -0.3 is 14.2 Å². The number of carbonyl (C=O) groups is 2. The molecular weight excluding hydrogens is 226 g/mol. The highest BCUT2D eigenvalue weighted by molar-refractivity contribution is 5.92. The molecule has 0 aliphatic rings. The van der Waals surface area contributed by atoms with Gasteiger partial charge in [0, 0.05) is 19.2 Å². The maximum atomic E-state index is 11.6. The number of methoxy groups -OCH3 is 1. The SMILES string of the molecule is CCOC(=O)c1nccc(OC)c1OC(C)=O. The summed E-state index contributed by atoms with van der Waals surface area (Å²) in [6.07, 6.45) is 1.37. The van der Waals surface area contributed by atoms with Crippen LogP contribution in [0.5, 0.6) is 11.5 Å². The molecule has 0 amide bonds. The lowest BCUT2D eigenvalue weighted by Crippen LogP contribution is -2.13. The molecule has 0 bridgehead atoms. The highest BCUT2D eigenvalue weighted by Gasteiger charge is 2.21. The first kappa shape index (κ1) is 13.0. The predicted molar refractivity (Wildman–Crippen MR) is 58.1 cm³/mol. The molecule has 0 N–H and O–H groups in total. The van der Waals surface area contributed by atoms with Crippen molar-refractivity contribution in [2.45, 2.75) is 13.8 Å². The first-order valence-corrected chi connectivity index (χ1v) is 4.98. The Morgan fingerprint density at radius 2 is 2.12 bits per heavy atom. The molecular formula is C11H13NO5. The monoisotopic (exact) mass is 239 g/mol. The zero-order chi connectivity index (χ0) is 12.8. The second-order valence-electron chi connectivity index (χ2n) is 3.01. The number of nitrogens with zero attached hydrogens (tertiary/aromatic N) is 1. The van der Waals surface area contributed by atoms with Crippen molar-refractivity contribution in [2.24, 2.45) is 0 Å². The fourth-order valence-corrected chi connectivity index (χ4v) is 1.18. The summed E-state index contributed by atoms with van der Waals surface area (Å²) in [4.78, 5) is 26.4. The second-order valence-corrected chi connectivity index (χ2v) is 3.01. The van der Waals surface area contributed by atoms with Gasteiger partial charge >= 0.3 is 11.9 Å². The molecule has 0 aliphatic heterocycles. The average molecular weight is 239 g/mol. The molecule has 0 aromatic carbocycles. The molecule has 92 valence electrons. The molecule has 0 aliphatic carbocycles. The molecule has 1 heterocycles. The van der Waals surface area contributed by atoms with Gasteiger partial charge in [0.1, 0.15) is 0 Å². The third kappa shape index (κ3) is 3.17. The van der Waals surface area contributed by atoms with Crippen molar-refractivity contribution < 1.29 is 23.8 Å². The van der Waals surface area contributed by atoms with Gasteiger partial charge in [0.25, 0.3) is 0 Å². The van der Waals surface area contributed by atoms with Crippen LogP contribution in [0.3, 0.4) is 0 Å². The first-order valence-electron chi connectivity index (χ1n) is 4.98. The number of aromatic nitrogens is 1. The van der Waals surface area contributed by atoms with E-state index in [0.717, 1.165) is 0 Å². The third-order valence-electron chi connectivity index (χ3n) is 1.80. The van der Waals surface area contributed by atoms with Crippen molar-refractivity contribution in [1.82, 2.24) is 4.98 Å². The van der Waals surface area contributed by atoms with E-state index in [-0.39, 0.29) is 23.8 Å². The van der Waals surface area contributed by atoms with Gasteiger partial charge in [-0.15, -0.1) is 0 Å². The van der Waals surface area contributed by atoms with E-state index in [4.69, 9.17) is 14.2 Å².